The Morgan fingerprint density at radius 1 is 0.941 bits per heavy atom. The first-order valence-corrected chi connectivity index (χ1v) is 11.1. The van der Waals surface area contributed by atoms with Gasteiger partial charge in [-0.1, -0.05) is 0 Å². The fourth-order valence-electron chi connectivity index (χ4n) is 4.39. The quantitative estimate of drug-likeness (QED) is 0.258. The number of ether oxygens (including phenoxy) is 1. The second kappa shape index (κ2) is 9.89. The third kappa shape index (κ3) is 5.41. The highest BCUT2D eigenvalue weighted by atomic mass is 16.6. The SMILES string of the molecule is COc1ccc(Nc2nc(N3CC(N)CC(N)C3)nc(N3CC(N)CC(N)C3)n2)c([N+](=O)[O-])c1. The van der Waals surface area contributed by atoms with Crippen LogP contribution < -0.4 is 42.8 Å². The molecule has 2 saturated heterocycles. The molecule has 14 heteroatoms. The van der Waals surface area contributed by atoms with Crippen molar-refractivity contribution in [2.75, 3.05) is 48.4 Å². The fourth-order valence-corrected chi connectivity index (χ4v) is 4.39. The Morgan fingerprint density at radius 2 is 1.44 bits per heavy atom. The van der Waals surface area contributed by atoms with E-state index in [-0.39, 0.29) is 41.5 Å². The van der Waals surface area contributed by atoms with Crippen molar-refractivity contribution in [3.8, 4) is 5.75 Å². The number of nitro benzene ring substituents is 1. The first-order valence-electron chi connectivity index (χ1n) is 11.1. The van der Waals surface area contributed by atoms with Crippen LogP contribution in [0.2, 0.25) is 0 Å². The van der Waals surface area contributed by atoms with Crippen LogP contribution in [0.4, 0.5) is 29.2 Å². The van der Waals surface area contributed by atoms with E-state index in [4.69, 9.17) is 27.7 Å². The summed E-state index contributed by atoms with van der Waals surface area (Å²) < 4.78 is 5.11. The molecule has 1 aromatic heterocycles. The minimum atomic E-state index is -0.501. The van der Waals surface area contributed by atoms with Gasteiger partial charge in [0.05, 0.1) is 18.1 Å². The first kappa shape index (κ1) is 23.8. The molecule has 0 amide bonds. The molecule has 0 saturated carbocycles. The van der Waals surface area contributed by atoms with Gasteiger partial charge in [0.25, 0.3) is 5.69 Å². The van der Waals surface area contributed by atoms with Crippen LogP contribution in [0.25, 0.3) is 0 Å². The highest BCUT2D eigenvalue weighted by molar-refractivity contribution is 5.69. The number of nitrogens with one attached hydrogen (secondary N) is 1. The number of benzene rings is 1. The van der Waals surface area contributed by atoms with Gasteiger partial charge in [-0.25, -0.2) is 0 Å². The Kier molecular flexibility index (Phi) is 6.92. The fraction of sp³-hybridized carbons (Fsp3) is 0.550. The topological polar surface area (TPSA) is 214 Å². The summed E-state index contributed by atoms with van der Waals surface area (Å²) in [6, 6.07) is 3.99. The van der Waals surface area contributed by atoms with E-state index in [1.165, 1.54) is 13.2 Å². The van der Waals surface area contributed by atoms with Crippen LogP contribution >= 0.6 is 0 Å². The zero-order chi connectivity index (χ0) is 24.4. The number of hydrogen-bond donors (Lipinski definition) is 5. The van der Waals surface area contributed by atoms with E-state index in [0.717, 1.165) is 0 Å². The number of nitro groups is 1. The third-order valence-corrected chi connectivity index (χ3v) is 5.86. The van der Waals surface area contributed by atoms with Gasteiger partial charge in [-0.05, 0) is 25.0 Å². The predicted molar refractivity (Wildman–Crippen MR) is 128 cm³/mol. The average Bonchev–Trinajstić information content (AvgIpc) is 2.77. The molecule has 0 aliphatic carbocycles. The largest absolute Gasteiger partial charge is 0.496 e. The number of hydrogen-bond acceptors (Lipinski definition) is 13. The summed E-state index contributed by atoms with van der Waals surface area (Å²) in [6.07, 6.45) is 1.40. The zero-order valence-electron chi connectivity index (χ0n) is 19.0. The molecule has 1 aromatic carbocycles. The van der Waals surface area contributed by atoms with Crippen molar-refractivity contribution in [2.45, 2.75) is 37.0 Å². The Balaban J connectivity index is 1.72. The van der Waals surface area contributed by atoms with Gasteiger partial charge in [0.15, 0.2) is 0 Å². The maximum Gasteiger partial charge on any atom is 0.296 e. The molecule has 0 radical (unpaired) electrons. The summed E-state index contributed by atoms with van der Waals surface area (Å²) in [5.41, 5.74) is 24.7. The molecule has 2 aliphatic rings. The molecule has 2 aromatic rings. The lowest BCUT2D eigenvalue weighted by molar-refractivity contribution is -0.384. The number of piperidine rings is 2. The van der Waals surface area contributed by atoms with Gasteiger partial charge in [0.2, 0.25) is 17.8 Å². The lowest BCUT2D eigenvalue weighted by Gasteiger charge is -2.37. The lowest BCUT2D eigenvalue weighted by Crippen LogP contribution is -2.54. The molecule has 3 heterocycles. The van der Waals surface area contributed by atoms with Crippen LogP contribution in [0, 0.1) is 10.1 Å². The Labute approximate surface area is 196 Å². The van der Waals surface area contributed by atoms with Gasteiger partial charge in [0.1, 0.15) is 11.4 Å². The Bertz CT molecular complexity index is 975. The van der Waals surface area contributed by atoms with Gasteiger partial charge in [-0.15, -0.1) is 0 Å². The smallest absolute Gasteiger partial charge is 0.296 e. The van der Waals surface area contributed by atoms with E-state index in [2.05, 4.69) is 20.3 Å². The molecule has 4 rings (SSSR count). The van der Waals surface area contributed by atoms with Gasteiger partial charge in [-0.2, -0.15) is 15.0 Å². The highest BCUT2D eigenvalue weighted by Crippen LogP contribution is 2.31. The molecule has 0 bridgehead atoms. The summed E-state index contributed by atoms with van der Waals surface area (Å²) in [5, 5.41) is 14.6. The van der Waals surface area contributed by atoms with Crippen molar-refractivity contribution >= 4 is 29.2 Å². The van der Waals surface area contributed by atoms with Crippen molar-refractivity contribution < 1.29 is 9.66 Å². The summed E-state index contributed by atoms with van der Waals surface area (Å²) in [6.45, 7) is 2.10. The summed E-state index contributed by atoms with van der Waals surface area (Å²) in [4.78, 5) is 28.7. The van der Waals surface area contributed by atoms with Crippen molar-refractivity contribution in [3.63, 3.8) is 0 Å². The van der Waals surface area contributed by atoms with Crippen LogP contribution in [0.5, 0.6) is 5.75 Å². The number of rotatable bonds is 6. The van der Waals surface area contributed by atoms with E-state index in [9.17, 15) is 10.1 Å². The summed E-state index contributed by atoms with van der Waals surface area (Å²) in [5.74, 6) is 1.26. The standard InChI is InChI=1S/C20H31N11O3/c1-34-15-2-3-16(17(6-15)31(32)33)25-18-26-19(29-7-11(21)4-12(22)8-29)28-20(27-18)30-9-13(23)5-14(24)10-30/h2-3,6,11-14H,4-5,7-10,21-24H2,1H3,(H,25,26,27,28). The van der Waals surface area contributed by atoms with Crippen molar-refractivity contribution in [3.05, 3.63) is 28.3 Å². The van der Waals surface area contributed by atoms with Gasteiger partial charge in [0, 0.05) is 50.3 Å². The summed E-state index contributed by atoms with van der Waals surface area (Å²) >= 11 is 0. The molecule has 14 nitrogen and oxygen atoms in total. The lowest BCUT2D eigenvalue weighted by atomic mass is 10.0. The molecular weight excluding hydrogens is 442 g/mol. The maximum atomic E-state index is 11.6. The van der Waals surface area contributed by atoms with E-state index in [1.807, 2.05) is 9.80 Å². The number of nitrogens with zero attached hydrogens (tertiary/aromatic N) is 6. The Hall–Kier alpha value is -3.33. The van der Waals surface area contributed by atoms with Crippen molar-refractivity contribution in [1.82, 2.24) is 15.0 Å². The first-order chi connectivity index (χ1) is 16.2. The molecular formula is C20H31N11O3. The number of methoxy groups -OCH3 is 1. The normalized spacial score (nSPS) is 25.2. The molecule has 4 unspecified atom stereocenters. The van der Waals surface area contributed by atoms with E-state index < -0.39 is 4.92 Å². The van der Waals surface area contributed by atoms with Crippen LogP contribution in [0.15, 0.2) is 18.2 Å². The van der Waals surface area contributed by atoms with Gasteiger partial charge < -0.3 is 42.8 Å². The van der Waals surface area contributed by atoms with E-state index >= 15 is 0 Å². The molecule has 184 valence electrons. The van der Waals surface area contributed by atoms with E-state index in [1.54, 1.807) is 12.1 Å². The number of nitrogens with two attached hydrogens (primary N) is 4. The van der Waals surface area contributed by atoms with Gasteiger partial charge >= 0.3 is 0 Å². The summed E-state index contributed by atoms with van der Waals surface area (Å²) in [7, 11) is 1.44. The average molecular weight is 474 g/mol. The molecule has 9 N–H and O–H groups in total. The van der Waals surface area contributed by atoms with Crippen LogP contribution in [-0.2, 0) is 0 Å². The second-order valence-corrected chi connectivity index (χ2v) is 8.85. The molecule has 2 fully saturated rings. The van der Waals surface area contributed by atoms with Crippen molar-refractivity contribution in [1.29, 1.82) is 0 Å². The van der Waals surface area contributed by atoms with E-state index in [0.29, 0.717) is 56.7 Å². The number of anilines is 4. The maximum absolute atomic E-state index is 11.6. The molecule has 2 aliphatic heterocycles. The highest BCUT2D eigenvalue weighted by Gasteiger charge is 2.29. The Morgan fingerprint density at radius 3 is 1.88 bits per heavy atom. The predicted octanol–water partition coefficient (Wildman–Crippen LogP) is -0.739. The third-order valence-electron chi connectivity index (χ3n) is 5.86. The van der Waals surface area contributed by atoms with Crippen LogP contribution in [0.3, 0.4) is 0 Å². The molecule has 0 spiro atoms. The molecule has 4 atom stereocenters. The second-order valence-electron chi connectivity index (χ2n) is 8.85. The van der Waals surface area contributed by atoms with Crippen LogP contribution in [0.1, 0.15) is 12.8 Å². The monoisotopic (exact) mass is 473 g/mol. The van der Waals surface area contributed by atoms with Gasteiger partial charge in [-0.3, -0.25) is 10.1 Å². The minimum Gasteiger partial charge on any atom is -0.496 e. The van der Waals surface area contributed by atoms with Crippen molar-refractivity contribution in [2.24, 2.45) is 22.9 Å². The minimum absolute atomic E-state index is 0.125. The van der Waals surface area contributed by atoms with Crippen LogP contribution in [-0.4, -0.2) is 77.3 Å². The molecule has 34 heavy (non-hydrogen) atoms. The zero-order valence-corrected chi connectivity index (χ0v) is 19.0. The number of aromatic nitrogens is 3.